The number of hydrogen-bond donors (Lipinski definition) is 2. The summed E-state index contributed by atoms with van der Waals surface area (Å²) in [5.74, 6) is -0.669. The molecule has 3 aromatic rings. The molecular weight excluding hydrogens is 426 g/mol. The summed E-state index contributed by atoms with van der Waals surface area (Å²) < 4.78 is 83.8. The van der Waals surface area contributed by atoms with Gasteiger partial charge < -0.3 is 14.5 Å². The van der Waals surface area contributed by atoms with E-state index in [9.17, 15) is 35.9 Å². The average Bonchev–Trinajstić information content (AvgIpc) is 2.98. The maximum atomic E-state index is 12.4. The van der Waals surface area contributed by atoms with E-state index in [0.717, 1.165) is 12.1 Å². The Hall–Kier alpha value is -3.45. The highest BCUT2D eigenvalue weighted by Crippen LogP contribution is 2.31. The van der Waals surface area contributed by atoms with Gasteiger partial charge in [0.05, 0.1) is 6.42 Å². The zero-order chi connectivity index (χ0) is 22.3. The van der Waals surface area contributed by atoms with Gasteiger partial charge in [-0.15, -0.1) is 13.2 Å². The minimum atomic E-state index is -4.92. The van der Waals surface area contributed by atoms with Crippen LogP contribution < -0.4 is 20.7 Å². The van der Waals surface area contributed by atoms with Crippen molar-refractivity contribution in [3.63, 3.8) is 0 Å². The van der Waals surface area contributed by atoms with Crippen LogP contribution in [0.2, 0.25) is 0 Å². The molecule has 0 atom stereocenters. The van der Waals surface area contributed by atoms with Crippen LogP contribution >= 0.6 is 0 Å². The predicted molar refractivity (Wildman–Crippen MR) is 89.6 cm³/mol. The Kier molecular flexibility index (Phi) is 5.26. The molecule has 2 N–H and O–H groups in total. The van der Waals surface area contributed by atoms with Gasteiger partial charge >= 0.3 is 24.2 Å². The number of benzene rings is 1. The van der Waals surface area contributed by atoms with Gasteiger partial charge in [0.2, 0.25) is 0 Å². The minimum absolute atomic E-state index is 0.101. The second kappa shape index (κ2) is 7.42. The summed E-state index contributed by atoms with van der Waals surface area (Å²) in [5.41, 5.74) is -2.41. The Morgan fingerprint density at radius 2 is 1.80 bits per heavy atom. The molecule has 0 bridgehead atoms. The molecule has 0 unspecified atom stereocenters. The number of nitrogens with one attached hydrogen (secondary N) is 2. The Labute approximate surface area is 162 Å². The number of aromatic nitrogens is 4. The third-order valence-electron chi connectivity index (χ3n) is 3.83. The summed E-state index contributed by atoms with van der Waals surface area (Å²) in [5, 5.41) is 0. The molecular formula is C16H12F6N4O4. The molecule has 30 heavy (non-hydrogen) atoms. The highest BCUT2D eigenvalue weighted by Gasteiger charge is 2.31. The highest BCUT2D eigenvalue weighted by molar-refractivity contribution is 5.69. The molecule has 0 aliphatic heterocycles. The van der Waals surface area contributed by atoms with E-state index in [1.807, 2.05) is 0 Å². The van der Waals surface area contributed by atoms with Crippen molar-refractivity contribution in [1.82, 2.24) is 19.5 Å². The SMILES string of the molecule is Cc1ccc(OC(F)(F)F)cc1Oc1nc2[nH]c(=O)n(CCC(F)(F)F)c(=O)c2[nH]1. The monoisotopic (exact) mass is 438 g/mol. The third kappa shape index (κ3) is 4.93. The molecule has 0 radical (unpaired) electrons. The first-order valence-corrected chi connectivity index (χ1v) is 8.16. The van der Waals surface area contributed by atoms with Crippen LogP contribution in [-0.4, -0.2) is 32.1 Å². The molecule has 2 heterocycles. The zero-order valence-electron chi connectivity index (χ0n) is 14.9. The number of alkyl halides is 6. The summed E-state index contributed by atoms with van der Waals surface area (Å²) in [6.45, 7) is 0.611. The van der Waals surface area contributed by atoms with Crippen molar-refractivity contribution in [1.29, 1.82) is 0 Å². The van der Waals surface area contributed by atoms with Crippen molar-refractivity contribution in [3.8, 4) is 17.5 Å². The summed E-state index contributed by atoms with van der Waals surface area (Å²) >= 11 is 0. The van der Waals surface area contributed by atoms with Crippen LogP contribution in [0, 0.1) is 6.92 Å². The van der Waals surface area contributed by atoms with E-state index in [-0.39, 0.29) is 22.9 Å². The molecule has 8 nitrogen and oxygen atoms in total. The van der Waals surface area contributed by atoms with Gasteiger partial charge in [0.1, 0.15) is 11.5 Å². The van der Waals surface area contributed by atoms with Crippen molar-refractivity contribution >= 4 is 11.2 Å². The Morgan fingerprint density at radius 3 is 2.43 bits per heavy atom. The van der Waals surface area contributed by atoms with Gasteiger partial charge in [0, 0.05) is 12.6 Å². The maximum absolute atomic E-state index is 12.4. The topological polar surface area (TPSA) is 102 Å². The molecule has 0 spiro atoms. The van der Waals surface area contributed by atoms with E-state index in [4.69, 9.17) is 4.74 Å². The third-order valence-corrected chi connectivity index (χ3v) is 3.83. The first-order chi connectivity index (χ1) is 13.8. The largest absolute Gasteiger partial charge is 0.573 e. The molecule has 1 aromatic carbocycles. The summed E-state index contributed by atoms with van der Waals surface area (Å²) in [7, 11) is 0. The number of imidazole rings is 1. The lowest BCUT2D eigenvalue weighted by atomic mass is 10.2. The first kappa shape index (κ1) is 21.3. The fraction of sp³-hybridized carbons (Fsp3) is 0.312. The number of nitrogens with zero attached hydrogens (tertiary/aromatic N) is 2. The van der Waals surface area contributed by atoms with Crippen LogP contribution in [0.1, 0.15) is 12.0 Å². The second-order valence-electron chi connectivity index (χ2n) is 6.09. The summed E-state index contributed by atoms with van der Waals surface area (Å²) in [6, 6.07) is 2.90. The zero-order valence-corrected chi connectivity index (χ0v) is 14.9. The number of ether oxygens (including phenoxy) is 2. The molecule has 2 aromatic heterocycles. The fourth-order valence-corrected chi connectivity index (χ4v) is 2.47. The number of hydrogen-bond acceptors (Lipinski definition) is 5. The summed E-state index contributed by atoms with van der Waals surface area (Å²) in [4.78, 5) is 32.5. The molecule has 162 valence electrons. The number of halogens is 6. The maximum Gasteiger partial charge on any atom is 0.573 e. The molecule has 0 saturated heterocycles. The van der Waals surface area contributed by atoms with Crippen LogP contribution in [0.25, 0.3) is 11.2 Å². The molecule has 3 rings (SSSR count). The molecule has 0 amide bonds. The lowest BCUT2D eigenvalue weighted by molar-refractivity contribution is -0.274. The molecule has 14 heteroatoms. The standard InChI is InChI=1S/C16H12F6N4O4/c1-7-2-3-8(30-16(20,21)22)6-9(7)29-13-23-10-11(24-13)25-14(28)26(12(10)27)5-4-15(17,18)19/h2-3,6H,4-5H2,1H3,(H,23,24)(H,25,28). The number of fused-ring (bicyclic) bond motifs is 1. The van der Waals surface area contributed by atoms with Gasteiger partial charge in [-0.2, -0.15) is 18.2 Å². The average molecular weight is 438 g/mol. The number of aryl methyl sites for hydroxylation is 1. The lowest BCUT2D eigenvalue weighted by Gasteiger charge is -2.11. The van der Waals surface area contributed by atoms with Crippen molar-refractivity contribution in [3.05, 3.63) is 44.6 Å². The normalized spacial score (nSPS) is 12.4. The van der Waals surface area contributed by atoms with Crippen LogP contribution in [0.15, 0.2) is 27.8 Å². The predicted octanol–water partition coefficient (Wildman–Crippen LogP) is 3.36. The van der Waals surface area contributed by atoms with E-state index >= 15 is 0 Å². The molecule has 0 fully saturated rings. The van der Waals surface area contributed by atoms with Crippen molar-refractivity contribution < 1.29 is 35.8 Å². The van der Waals surface area contributed by atoms with Gasteiger partial charge in [0.25, 0.3) is 5.56 Å². The van der Waals surface area contributed by atoms with E-state index in [1.54, 1.807) is 0 Å². The number of rotatable bonds is 5. The second-order valence-corrected chi connectivity index (χ2v) is 6.09. The van der Waals surface area contributed by atoms with Crippen LogP contribution in [0.4, 0.5) is 26.3 Å². The van der Waals surface area contributed by atoms with E-state index in [0.29, 0.717) is 10.1 Å². The van der Waals surface area contributed by atoms with Crippen molar-refractivity contribution in [2.24, 2.45) is 0 Å². The van der Waals surface area contributed by atoms with Crippen LogP contribution in [-0.2, 0) is 6.54 Å². The van der Waals surface area contributed by atoms with Gasteiger partial charge in [-0.3, -0.25) is 14.3 Å². The first-order valence-electron chi connectivity index (χ1n) is 8.16. The molecule has 0 aliphatic rings. The van der Waals surface area contributed by atoms with Crippen molar-refractivity contribution in [2.75, 3.05) is 0 Å². The van der Waals surface area contributed by atoms with Gasteiger partial charge in [-0.05, 0) is 18.6 Å². The van der Waals surface area contributed by atoms with Crippen molar-refractivity contribution in [2.45, 2.75) is 32.4 Å². The Morgan fingerprint density at radius 1 is 1.10 bits per heavy atom. The van der Waals surface area contributed by atoms with E-state index in [2.05, 4.69) is 19.7 Å². The summed E-state index contributed by atoms with van der Waals surface area (Å²) in [6.07, 6.45) is -10.9. The van der Waals surface area contributed by atoms with Gasteiger partial charge in [-0.1, -0.05) is 6.07 Å². The van der Waals surface area contributed by atoms with Crippen LogP contribution in [0.3, 0.4) is 0 Å². The van der Waals surface area contributed by atoms with Gasteiger partial charge in [0.15, 0.2) is 11.2 Å². The highest BCUT2D eigenvalue weighted by atomic mass is 19.4. The quantitative estimate of drug-likeness (QED) is 0.595. The molecule has 0 saturated carbocycles. The lowest BCUT2D eigenvalue weighted by Crippen LogP contribution is -2.36. The minimum Gasteiger partial charge on any atom is -0.425 e. The van der Waals surface area contributed by atoms with E-state index in [1.165, 1.54) is 13.0 Å². The Bertz CT molecular complexity index is 1190. The molecule has 0 aliphatic carbocycles. The Balaban J connectivity index is 1.93. The van der Waals surface area contributed by atoms with Crippen LogP contribution in [0.5, 0.6) is 17.5 Å². The van der Waals surface area contributed by atoms with E-state index < -0.39 is 42.5 Å². The number of aromatic amines is 2. The smallest absolute Gasteiger partial charge is 0.425 e. The fourth-order valence-electron chi connectivity index (χ4n) is 2.47. The number of H-pyrrole nitrogens is 2. The van der Waals surface area contributed by atoms with Gasteiger partial charge in [-0.25, -0.2) is 4.79 Å².